The normalized spacial score (nSPS) is 13.0. The van der Waals surface area contributed by atoms with Gasteiger partial charge in [-0.3, -0.25) is 0 Å². The summed E-state index contributed by atoms with van der Waals surface area (Å²) in [6.07, 6.45) is 0. The van der Waals surface area contributed by atoms with Gasteiger partial charge in [0.15, 0.2) is 5.82 Å². The third-order valence-corrected chi connectivity index (χ3v) is 13.1. The number of rotatable bonds is 4. The maximum atomic E-state index is 5.41. The quantitative estimate of drug-likeness (QED) is 0.167. The average molecular weight is 774 g/mol. The average Bonchev–Trinajstić information content (AvgIpc) is 3.81. The zero-order chi connectivity index (χ0) is 40.1. The van der Waals surface area contributed by atoms with Crippen LogP contribution in [0.25, 0.3) is 99.9 Å². The summed E-state index contributed by atoms with van der Waals surface area (Å²) in [5.41, 5.74) is 19.4. The van der Waals surface area contributed by atoms with Crippen molar-refractivity contribution in [2.75, 3.05) is 0 Å². The Balaban J connectivity index is 0.978. The standard InChI is InChI=1S/C58H35N3/c1-2-14-36(15-3-1)37-26-28-38(29-27-37)55-45-20-8-13-25-52(45)60-57(61-55)40-32-30-39(31-33-40)56-46-34-35-50-54(53(46)44-19-7-12-24-51(44)59-56)43-18-6-11-23-49(43)58(50)47-21-9-4-16-41(47)42-17-5-10-22-48(42)58/h1-35H. The van der Waals surface area contributed by atoms with E-state index in [1.165, 1.54) is 61.0 Å². The fraction of sp³-hybridized carbons (Fsp3) is 0.0172. The number of pyridine rings is 1. The smallest absolute Gasteiger partial charge is 0.160 e. The predicted octanol–water partition coefficient (Wildman–Crippen LogP) is 14.3. The lowest BCUT2D eigenvalue weighted by molar-refractivity contribution is 0.794. The Bertz CT molecular complexity index is 3530. The van der Waals surface area contributed by atoms with E-state index in [0.29, 0.717) is 5.82 Å². The number of fused-ring (bicyclic) bond motifs is 15. The molecule has 0 atom stereocenters. The van der Waals surface area contributed by atoms with E-state index in [9.17, 15) is 0 Å². The van der Waals surface area contributed by atoms with Crippen LogP contribution < -0.4 is 0 Å². The van der Waals surface area contributed by atoms with Gasteiger partial charge in [0.1, 0.15) is 0 Å². The van der Waals surface area contributed by atoms with Gasteiger partial charge in [0, 0.05) is 38.2 Å². The van der Waals surface area contributed by atoms with E-state index in [1.54, 1.807) is 0 Å². The van der Waals surface area contributed by atoms with Crippen molar-refractivity contribution in [2.45, 2.75) is 5.41 Å². The molecule has 2 aromatic heterocycles. The van der Waals surface area contributed by atoms with Crippen molar-refractivity contribution in [3.05, 3.63) is 235 Å². The van der Waals surface area contributed by atoms with Crippen LogP contribution in [0.1, 0.15) is 22.3 Å². The second kappa shape index (κ2) is 13.0. The second-order valence-corrected chi connectivity index (χ2v) is 16.2. The van der Waals surface area contributed by atoms with Gasteiger partial charge in [-0.15, -0.1) is 0 Å². The maximum absolute atomic E-state index is 5.41. The molecule has 0 saturated heterocycles. The first-order chi connectivity index (χ1) is 30.3. The highest BCUT2D eigenvalue weighted by Crippen LogP contribution is 2.64. The largest absolute Gasteiger partial charge is 0.247 e. The lowest BCUT2D eigenvalue weighted by Gasteiger charge is -2.30. The number of nitrogens with zero attached hydrogens (tertiary/aromatic N) is 3. The van der Waals surface area contributed by atoms with Crippen LogP contribution in [0.5, 0.6) is 0 Å². The Morgan fingerprint density at radius 3 is 1.43 bits per heavy atom. The van der Waals surface area contributed by atoms with Gasteiger partial charge in [0.05, 0.1) is 27.8 Å². The summed E-state index contributed by atoms with van der Waals surface area (Å²) in [7, 11) is 0. The van der Waals surface area contributed by atoms with Gasteiger partial charge >= 0.3 is 0 Å². The first-order valence-electron chi connectivity index (χ1n) is 20.9. The molecule has 0 saturated carbocycles. The summed E-state index contributed by atoms with van der Waals surface area (Å²) in [4.78, 5) is 15.7. The minimum atomic E-state index is -0.415. The van der Waals surface area contributed by atoms with Crippen LogP contribution in [0.3, 0.4) is 0 Å². The Kier molecular flexibility index (Phi) is 7.22. The molecule has 2 aliphatic carbocycles. The third-order valence-electron chi connectivity index (χ3n) is 13.1. The van der Waals surface area contributed by atoms with E-state index in [4.69, 9.17) is 15.0 Å². The van der Waals surface area contributed by atoms with E-state index >= 15 is 0 Å². The number of aromatic nitrogens is 3. The minimum absolute atomic E-state index is 0.415. The van der Waals surface area contributed by atoms with Crippen LogP contribution in [0.2, 0.25) is 0 Å². The van der Waals surface area contributed by atoms with E-state index in [0.717, 1.165) is 55.3 Å². The second-order valence-electron chi connectivity index (χ2n) is 16.2. The monoisotopic (exact) mass is 773 g/mol. The highest BCUT2D eigenvalue weighted by atomic mass is 14.9. The topological polar surface area (TPSA) is 38.7 Å². The summed E-state index contributed by atoms with van der Waals surface area (Å²) in [6.45, 7) is 0. The zero-order valence-electron chi connectivity index (χ0n) is 33.0. The fourth-order valence-electron chi connectivity index (χ4n) is 10.5. The number of hydrogen-bond acceptors (Lipinski definition) is 3. The molecule has 0 fully saturated rings. The molecule has 0 radical (unpaired) electrons. The maximum Gasteiger partial charge on any atom is 0.160 e. The van der Waals surface area contributed by atoms with Crippen molar-refractivity contribution < 1.29 is 0 Å². The van der Waals surface area contributed by atoms with Gasteiger partial charge < -0.3 is 0 Å². The van der Waals surface area contributed by atoms with Crippen LogP contribution in [-0.4, -0.2) is 15.0 Å². The zero-order valence-corrected chi connectivity index (χ0v) is 33.0. The van der Waals surface area contributed by atoms with Gasteiger partial charge in [-0.05, 0) is 67.8 Å². The van der Waals surface area contributed by atoms with E-state index in [2.05, 4.69) is 200 Å². The van der Waals surface area contributed by atoms with Gasteiger partial charge in [-0.2, -0.15) is 0 Å². The summed E-state index contributed by atoms with van der Waals surface area (Å²) in [6, 6.07) is 76.5. The lowest BCUT2D eigenvalue weighted by Crippen LogP contribution is -2.25. The van der Waals surface area contributed by atoms with Crippen LogP contribution >= 0.6 is 0 Å². The molecule has 0 bridgehead atoms. The van der Waals surface area contributed by atoms with Crippen molar-refractivity contribution in [2.24, 2.45) is 0 Å². The molecule has 3 nitrogen and oxygen atoms in total. The summed E-state index contributed by atoms with van der Waals surface area (Å²) >= 11 is 0. The van der Waals surface area contributed by atoms with Gasteiger partial charge in [-0.1, -0.05) is 200 Å². The highest BCUT2D eigenvalue weighted by molar-refractivity contribution is 6.20. The molecular formula is C58H35N3. The summed E-state index contributed by atoms with van der Waals surface area (Å²) < 4.78 is 0. The SMILES string of the molecule is c1ccc(-c2ccc(-c3nc(-c4ccc(-c5nc6ccccc6c6c7c(ccc56)C5(c6ccccc6-c6ccccc65)c5ccccc5-7)cc4)nc4ccccc34)cc2)cc1. The highest BCUT2D eigenvalue weighted by Gasteiger charge is 2.52. The number of hydrogen-bond donors (Lipinski definition) is 0. The van der Waals surface area contributed by atoms with Crippen molar-refractivity contribution >= 4 is 32.6 Å². The Morgan fingerprint density at radius 1 is 0.279 bits per heavy atom. The molecular weight excluding hydrogens is 739 g/mol. The van der Waals surface area contributed by atoms with Gasteiger partial charge in [-0.25, -0.2) is 15.0 Å². The Morgan fingerprint density at radius 2 is 0.754 bits per heavy atom. The first-order valence-corrected chi connectivity index (χ1v) is 20.9. The number of para-hydroxylation sites is 2. The molecule has 2 aliphatic rings. The molecule has 9 aromatic carbocycles. The molecule has 0 N–H and O–H groups in total. The lowest BCUT2D eigenvalue weighted by atomic mass is 9.70. The van der Waals surface area contributed by atoms with Crippen molar-refractivity contribution in [1.29, 1.82) is 0 Å². The van der Waals surface area contributed by atoms with E-state index < -0.39 is 5.41 Å². The fourth-order valence-corrected chi connectivity index (χ4v) is 10.5. The van der Waals surface area contributed by atoms with Crippen LogP contribution in [0.15, 0.2) is 212 Å². The minimum Gasteiger partial charge on any atom is -0.247 e. The van der Waals surface area contributed by atoms with Crippen LogP contribution in [0.4, 0.5) is 0 Å². The molecule has 13 rings (SSSR count). The van der Waals surface area contributed by atoms with Crippen molar-refractivity contribution in [3.63, 3.8) is 0 Å². The Hall–Kier alpha value is -8.01. The van der Waals surface area contributed by atoms with Gasteiger partial charge in [0.2, 0.25) is 0 Å². The Labute approximate surface area is 353 Å². The summed E-state index contributed by atoms with van der Waals surface area (Å²) in [5.74, 6) is 0.695. The predicted molar refractivity (Wildman–Crippen MR) is 250 cm³/mol. The van der Waals surface area contributed by atoms with Crippen molar-refractivity contribution in [3.8, 4) is 67.3 Å². The van der Waals surface area contributed by atoms with Crippen molar-refractivity contribution in [1.82, 2.24) is 15.0 Å². The summed E-state index contributed by atoms with van der Waals surface area (Å²) in [5, 5.41) is 4.58. The third kappa shape index (κ3) is 4.83. The molecule has 0 amide bonds. The molecule has 1 spiro atoms. The van der Waals surface area contributed by atoms with Crippen LogP contribution in [-0.2, 0) is 5.41 Å². The molecule has 3 heteroatoms. The molecule has 61 heavy (non-hydrogen) atoms. The molecule has 11 aromatic rings. The molecule has 0 unspecified atom stereocenters. The number of benzene rings is 9. The molecule has 0 aliphatic heterocycles. The van der Waals surface area contributed by atoms with E-state index in [-0.39, 0.29) is 0 Å². The molecule has 282 valence electrons. The van der Waals surface area contributed by atoms with Gasteiger partial charge in [0.25, 0.3) is 0 Å². The first kappa shape index (κ1) is 33.9. The van der Waals surface area contributed by atoms with E-state index in [1.807, 2.05) is 12.1 Å². The van der Waals surface area contributed by atoms with Crippen LogP contribution in [0, 0.1) is 0 Å². The molecule has 2 heterocycles.